The Bertz CT molecular complexity index is 2310. The van der Waals surface area contributed by atoms with E-state index in [1.807, 2.05) is 48.9 Å². The van der Waals surface area contributed by atoms with Gasteiger partial charge in [-0.25, -0.2) is 5.10 Å². The van der Waals surface area contributed by atoms with Crippen molar-refractivity contribution in [2.75, 3.05) is 21.7 Å². The third kappa shape index (κ3) is 6.13. The molecule has 7 aromatic rings. The molecule has 0 amide bonds. The van der Waals surface area contributed by atoms with Gasteiger partial charge in [-0.1, -0.05) is 115 Å². The quantitative estimate of drug-likeness (QED) is 0.149. The average Bonchev–Trinajstić information content (AvgIpc) is 3.80. The van der Waals surface area contributed by atoms with E-state index in [2.05, 4.69) is 155 Å². The van der Waals surface area contributed by atoms with E-state index in [9.17, 15) is 0 Å². The molecule has 0 fully saturated rings. The second-order valence-corrected chi connectivity index (χ2v) is 12.2. The summed E-state index contributed by atoms with van der Waals surface area (Å²) in [6, 6.07) is 59.5. The molecule has 0 unspecified atom stereocenters. The summed E-state index contributed by atoms with van der Waals surface area (Å²) in [6.45, 7) is 4.07. The van der Waals surface area contributed by atoms with Crippen LogP contribution in [0.3, 0.4) is 0 Å². The number of hydrogen-bond acceptors (Lipinski definition) is 6. The molecule has 0 radical (unpaired) electrons. The predicted molar refractivity (Wildman–Crippen MR) is 204 cm³/mol. The van der Waals surface area contributed by atoms with E-state index in [-0.39, 0.29) is 21.1 Å². The zero-order chi connectivity index (χ0) is 33.4. The van der Waals surface area contributed by atoms with Crippen molar-refractivity contribution in [3.05, 3.63) is 177 Å². The molecule has 7 heteroatoms. The minimum Gasteiger partial charge on any atom is -0.509 e. The van der Waals surface area contributed by atoms with E-state index in [0.717, 1.165) is 56.1 Å². The number of nitrogens with zero attached hydrogens (tertiary/aromatic N) is 5. The van der Waals surface area contributed by atoms with Crippen LogP contribution in [-0.2, 0) is 21.1 Å². The normalized spacial score (nSPS) is 13.4. The van der Waals surface area contributed by atoms with Crippen molar-refractivity contribution in [1.82, 2.24) is 5.01 Å². The summed E-state index contributed by atoms with van der Waals surface area (Å²) in [5.41, 5.74) is 9.56. The molecule has 0 N–H and O–H groups in total. The zero-order valence-corrected chi connectivity index (χ0v) is 29.9. The van der Waals surface area contributed by atoms with Crippen molar-refractivity contribution in [2.24, 2.45) is 5.10 Å². The largest absolute Gasteiger partial charge is 4.00 e. The molecule has 51 heavy (non-hydrogen) atoms. The van der Waals surface area contributed by atoms with Crippen molar-refractivity contribution in [3.63, 3.8) is 0 Å². The molecular formula is C44H31N5OPt. The van der Waals surface area contributed by atoms with Crippen molar-refractivity contribution >= 4 is 45.5 Å². The van der Waals surface area contributed by atoms with E-state index >= 15 is 0 Å². The molecule has 0 atom stereocenters. The first-order valence-electron chi connectivity index (χ1n) is 16.5. The molecule has 6 nitrogen and oxygen atoms in total. The van der Waals surface area contributed by atoms with Crippen LogP contribution in [0.2, 0.25) is 0 Å². The number of hydrogen-bond donors (Lipinski definition) is 0. The standard InChI is InChI=1S/C44H31N5O.Pt/c1-46-30-47(29-45-46)35-18-10-20-37(27-35)50-38-21-11-19-36(28-38)48-31-49(44-41-22-9-8-17-34(41)25-26-42(44)48)43-39(32-13-4-2-5-14-32)23-12-24-40(43)33-15-6-3-7-16-33;/h2-26,29-31H,1H3;/q-4;+4. The third-order valence-electron chi connectivity index (χ3n) is 8.97. The van der Waals surface area contributed by atoms with Crippen LogP contribution in [0.15, 0.2) is 157 Å². The van der Waals surface area contributed by atoms with E-state index < -0.39 is 0 Å². The minimum atomic E-state index is 0. The second kappa shape index (κ2) is 13.8. The maximum atomic E-state index is 6.37. The minimum absolute atomic E-state index is 0. The monoisotopic (exact) mass is 840 g/mol. The molecule has 9 rings (SSSR count). The molecule has 0 bridgehead atoms. The molecule has 0 aliphatic carbocycles. The summed E-state index contributed by atoms with van der Waals surface area (Å²) in [5.74, 6) is 1.19. The fraction of sp³-hybridized carbons (Fsp3) is 0.0227. The van der Waals surface area contributed by atoms with Gasteiger partial charge in [0, 0.05) is 45.1 Å². The number of benzene rings is 7. The Hall–Kier alpha value is -5.84. The van der Waals surface area contributed by atoms with Gasteiger partial charge in [0.2, 0.25) is 0 Å². The van der Waals surface area contributed by atoms with Crippen LogP contribution in [0.25, 0.3) is 33.0 Å². The van der Waals surface area contributed by atoms with Crippen molar-refractivity contribution in [1.29, 1.82) is 0 Å². The van der Waals surface area contributed by atoms with Crippen LogP contribution in [-0.4, -0.2) is 18.4 Å². The van der Waals surface area contributed by atoms with Gasteiger partial charge in [0.25, 0.3) is 0 Å². The molecule has 0 saturated carbocycles. The smallest absolute Gasteiger partial charge is 0.509 e. The van der Waals surface area contributed by atoms with Crippen LogP contribution < -0.4 is 19.4 Å². The second-order valence-electron chi connectivity index (χ2n) is 12.2. The molecule has 0 saturated heterocycles. The van der Waals surface area contributed by atoms with Crippen LogP contribution >= 0.6 is 0 Å². The van der Waals surface area contributed by atoms with Crippen molar-refractivity contribution < 1.29 is 25.8 Å². The Morgan fingerprint density at radius 3 is 1.82 bits per heavy atom. The predicted octanol–water partition coefficient (Wildman–Crippen LogP) is 10.8. The number of hydrazone groups is 1. The maximum Gasteiger partial charge on any atom is 4.00 e. The summed E-state index contributed by atoms with van der Waals surface area (Å²) in [6.07, 6.45) is 1.75. The average molecular weight is 841 g/mol. The van der Waals surface area contributed by atoms with Crippen LogP contribution in [0.4, 0.5) is 28.4 Å². The number of ether oxygens (including phenoxy) is 1. The summed E-state index contributed by atoms with van der Waals surface area (Å²) in [5, 5.41) is 8.36. The third-order valence-corrected chi connectivity index (χ3v) is 8.97. The first kappa shape index (κ1) is 32.4. The van der Waals surface area contributed by atoms with Gasteiger partial charge in [-0.2, -0.15) is 12.1 Å². The summed E-state index contributed by atoms with van der Waals surface area (Å²) < 4.78 is 6.37. The molecule has 0 aromatic heterocycles. The molecule has 0 spiro atoms. The van der Waals surface area contributed by atoms with Gasteiger partial charge in [-0.05, 0) is 29.6 Å². The van der Waals surface area contributed by atoms with Gasteiger partial charge < -0.3 is 24.4 Å². The maximum absolute atomic E-state index is 6.37. The topological polar surface area (TPSA) is 34.6 Å². The number of anilines is 5. The Morgan fingerprint density at radius 1 is 0.549 bits per heavy atom. The van der Waals surface area contributed by atoms with Crippen molar-refractivity contribution in [3.8, 4) is 33.8 Å². The Kier molecular flexibility index (Phi) is 8.77. The van der Waals surface area contributed by atoms with Gasteiger partial charge >= 0.3 is 21.1 Å². The van der Waals surface area contributed by atoms with E-state index in [0.29, 0.717) is 11.5 Å². The Labute approximate surface area is 312 Å². The first-order valence-corrected chi connectivity index (χ1v) is 16.5. The summed E-state index contributed by atoms with van der Waals surface area (Å²) in [7, 11) is 1.89. The molecule has 2 aliphatic heterocycles. The molecule has 2 aliphatic rings. The van der Waals surface area contributed by atoms with Gasteiger partial charge in [0.1, 0.15) is 0 Å². The fourth-order valence-corrected chi connectivity index (χ4v) is 6.69. The zero-order valence-electron chi connectivity index (χ0n) is 27.6. The molecule has 7 aromatic carbocycles. The van der Waals surface area contributed by atoms with Crippen molar-refractivity contribution in [2.45, 2.75) is 0 Å². The van der Waals surface area contributed by atoms with E-state index in [1.54, 1.807) is 11.3 Å². The van der Waals surface area contributed by atoms with Crippen LogP contribution in [0, 0.1) is 25.5 Å². The first-order chi connectivity index (χ1) is 24.7. The molecule has 248 valence electrons. The van der Waals surface area contributed by atoms with Crippen LogP contribution in [0.5, 0.6) is 11.5 Å². The van der Waals surface area contributed by atoms with E-state index in [1.165, 1.54) is 5.39 Å². The van der Waals surface area contributed by atoms with Crippen LogP contribution in [0.1, 0.15) is 0 Å². The fourth-order valence-electron chi connectivity index (χ4n) is 6.69. The Morgan fingerprint density at radius 2 is 1.16 bits per heavy atom. The van der Waals surface area contributed by atoms with Gasteiger partial charge in [-0.3, -0.25) is 0 Å². The summed E-state index contributed by atoms with van der Waals surface area (Å²) >= 11 is 0. The molecule has 2 heterocycles. The van der Waals surface area contributed by atoms with Gasteiger partial charge in [0.05, 0.1) is 6.34 Å². The SMILES string of the molecule is CN1[CH-]N(c2[c-]c(Oc3[c-]c(N4[CH-]N(c5c(-c6ccccc6)cccc5-c5ccccc5)c5c4ccc4ccccc54)ccc3)ccc2)C=N1.[Pt+4]. The molecular weight excluding hydrogens is 810 g/mol. The Balaban J connectivity index is 0.00000374. The van der Waals surface area contributed by atoms with Gasteiger partial charge in [-0.15, -0.1) is 55.4 Å². The van der Waals surface area contributed by atoms with Gasteiger partial charge in [0.15, 0.2) is 0 Å². The number of fused-ring (bicyclic) bond motifs is 3. The number of para-hydroxylation sites is 1. The van der Waals surface area contributed by atoms with E-state index in [4.69, 9.17) is 4.74 Å². The summed E-state index contributed by atoms with van der Waals surface area (Å²) in [4.78, 5) is 6.46. The number of rotatable bonds is 7.